The molecular formula is C27H34N2O5. The van der Waals surface area contributed by atoms with Crippen LogP contribution in [0.25, 0.3) is 11.1 Å². The van der Waals surface area contributed by atoms with Gasteiger partial charge in [0.25, 0.3) is 0 Å². The summed E-state index contributed by atoms with van der Waals surface area (Å²) in [7, 11) is 0. The lowest BCUT2D eigenvalue weighted by molar-refractivity contribution is -0.142. The molecule has 3 rings (SSSR count). The molecule has 7 nitrogen and oxygen atoms in total. The summed E-state index contributed by atoms with van der Waals surface area (Å²) in [5.41, 5.74) is 4.57. The molecule has 0 bridgehead atoms. The van der Waals surface area contributed by atoms with Crippen LogP contribution in [0.5, 0.6) is 0 Å². The van der Waals surface area contributed by atoms with E-state index in [1.54, 1.807) is 0 Å². The minimum Gasteiger partial charge on any atom is -0.480 e. The Hall–Kier alpha value is -3.35. The van der Waals surface area contributed by atoms with Gasteiger partial charge in [-0.15, -0.1) is 0 Å². The lowest BCUT2D eigenvalue weighted by atomic mass is 9.98. The van der Waals surface area contributed by atoms with Gasteiger partial charge in [-0.2, -0.15) is 0 Å². The van der Waals surface area contributed by atoms with Gasteiger partial charge in [0.15, 0.2) is 0 Å². The van der Waals surface area contributed by atoms with Gasteiger partial charge in [0, 0.05) is 12.5 Å². The second-order valence-electron chi connectivity index (χ2n) is 8.73. The Balaban J connectivity index is 1.56. The molecular weight excluding hydrogens is 432 g/mol. The number of hydrogen-bond acceptors (Lipinski definition) is 4. The Morgan fingerprint density at radius 3 is 2.12 bits per heavy atom. The molecule has 182 valence electrons. The molecule has 7 heteroatoms. The van der Waals surface area contributed by atoms with Crippen molar-refractivity contribution in [1.82, 2.24) is 10.6 Å². The van der Waals surface area contributed by atoms with Crippen LogP contribution in [0.3, 0.4) is 0 Å². The number of amides is 2. The molecule has 2 amide bonds. The number of hydrogen-bond donors (Lipinski definition) is 3. The van der Waals surface area contributed by atoms with Crippen LogP contribution in [0, 0.1) is 5.92 Å². The van der Waals surface area contributed by atoms with Crippen LogP contribution in [0.4, 0.5) is 4.79 Å². The fraction of sp³-hybridized carbons (Fsp3) is 0.444. The van der Waals surface area contributed by atoms with E-state index in [1.807, 2.05) is 38.1 Å². The highest BCUT2D eigenvalue weighted by Gasteiger charge is 2.29. The van der Waals surface area contributed by atoms with E-state index in [0.717, 1.165) is 35.1 Å². The Morgan fingerprint density at radius 2 is 1.56 bits per heavy atom. The van der Waals surface area contributed by atoms with Crippen molar-refractivity contribution >= 4 is 18.0 Å². The summed E-state index contributed by atoms with van der Waals surface area (Å²) in [4.78, 5) is 36.6. The van der Waals surface area contributed by atoms with Crippen LogP contribution < -0.4 is 10.6 Å². The molecule has 2 aromatic carbocycles. The summed E-state index contributed by atoms with van der Waals surface area (Å²) in [6, 6.07) is 15.3. The summed E-state index contributed by atoms with van der Waals surface area (Å²) in [6.45, 7) is 4.21. The van der Waals surface area contributed by atoms with Crippen LogP contribution in [-0.2, 0) is 14.3 Å². The largest absolute Gasteiger partial charge is 0.480 e. The summed E-state index contributed by atoms with van der Waals surface area (Å²) in [6.07, 6.45) is 2.63. The maximum atomic E-state index is 12.7. The van der Waals surface area contributed by atoms with Gasteiger partial charge in [-0.25, -0.2) is 9.59 Å². The molecule has 0 spiro atoms. The van der Waals surface area contributed by atoms with Crippen LogP contribution in [0.1, 0.15) is 63.0 Å². The number of aliphatic carboxylic acids is 1. The zero-order valence-electron chi connectivity index (χ0n) is 19.9. The average Bonchev–Trinajstić information content (AvgIpc) is 3.16. The molecule has 0 aromatic heterocycles. The molecule has 0 radical (unpaired) electrons. The topological polar surface area (TPSA) is 105 Å². The number of ether oxygens (including phenoxy) is 1. The Morgan fingerprint density at radius 1 is 0.941 bits per heavy atom. The molecule has 2 unspecified atom stereocenters. The van der Waals surface area contributed by atoms with Gasteiger partial charge in [0.1, 0.15) is 12.6 Å². The number of benzene rings is 2. The molecule has 0 fully saturated rings. The summed E-state index contributed by atoms with van der Waals surface area (Å²) >= 11 is 0. The maximum absolute atomic E-state index is 12.7. The van der Waals surface area contributed by atoms with Crippen LogP contribution in [-0.4, -0.2) is 42.3 Å². The second kappa shape index (κ2) is 12.2. The molecule has 3 N–H and O–H groups in total. The molecule has 0 saturated carbocycles. The van der Waals surface area contributed by atoms with Gasteiger partial charge in [-0.05, 0) is 35.1 Å². The van der Waals surface area contributed by atoms with Crippen molar-refractivity contribution in [3.05, 3.63) is 59.7 Å². The number of carbonyl (C=O) groups excluding carboxylic acids is 2. The summed E-state index contributed by atoms with van der Waals surface area (Å²) in [5.74, 6) is -1.96. The van der Waals surface area contributed by atoms with Crippen LogP contribution in [0.15, 0.2) is 48.5 Å². The van der Waals surface area contributed by atoms with Crippen LogP contribution >= 0.6 is 0 Å². The predicted molar refractivity (Wildman–Crippen MR) is 131 cm³/mol. The number of unbranched alkanes of at least 4 members (excludes halogenated alkanes) is 1. The molecule has 34 heavy (non-hydrogen) atoms. The molecule has 0 heterocycles. The van der Waals surface area contributed by atoms with Crippen molar-refractivity contribution in [2.24, 2.45) is 5.92 Å². The van der Waals surface area contributed by atoms with Gasteiger partial charge >= 0.3 is 12.1 Å². The highest BCUT2D eigenvalue weighted by Crippen LogP contribution is 2.44. The second-order valence-corrected chi connectivity index (χ2v) is 8.73. The number of rotatable bonds is 12. The molecule has 1 aliphatic carbocycles. The lowest BCUT2D eigenvalue weighted by Gasteiger charge is -2.21. The SMILES string of the molecule is CCCCC(NC(=O)C(CCC)CNC(=O)OCC1c2ccccc2-c2ccccc21)C(=O)O. The number of carboxylic acids is 1. The first-order valence-corrected chi connectivity index (χ1v) is 12.1. The van der Waals surface area contributed by atoms with Crippen molar-refractivity contribution in [2.45, 2.75) is 57.9 Å². The van der Waals surface area contributed by atoms with E-state index in [9.17, 15) is 19.5 Å². The van der Waals surface area contributed by atoms with Crippen molar-refractivity contribution in [2.75, 3.05) is 13.2 Å². The molecule has 0 aliphatic heterocycles. The zero-order chi connectivity index (χ0) is 24.5. The average molecular weight is 467 g/mol. The first kappa shape index (κ1) is 25.3. The first-order valence-electron chi connectivity index (χ1n) is 12.1. The normalized spacial score (nSPS) is 13.9. The number of fused-ring (bicyclic) bond motifs is 3. The smallest absolute Gasteiger partial charge is 0.407 e. The van der Waals surface area contributed by atoms with Gasteiger partial charge in [-0.3, -0.25) is 4.79 Å². The van der Waals surface area contributed by atoms with E-state index in [1.165, 1.54) is 0 Å². The Kier molecular flexibility index (Phi) is 9.08. The van der Waals surface area contributed by atoms with E-state index in [2.05, 4.69) is 34.9 Å². The first-order chi connectivity index (χ1) is 16.5. The van der Waals surface area contributed by atoms with Crippen molar-refractivity contribution in [3.8, 4) is 11.1 Å². The van der Waals surface area contributed by atoms with Gasteiger partial charge < -0.3 is 20.5 Å². The van der Waals surface area contributed by atoms with Gasteiger partial charge in [0.05, 0.1) is 5.92 Å². The molecule has 2 atom stereocenters. The quantitative estimate of drug-likeness (QED) is 0.421. The third-order valence-electron chi connectivity index (χ3n) is 6.31. The third kappa shape index (κ3) is 6.16. The highest BCUT2D eigenvalue weighted by molar-refractivity contribution is 5.85. The van der Waals surface area contributed by atoms with Gasteiger partial charge in [-0.1, -0.05) is 81.6 Å². The zero-order valence-corrected chi connectivity index (χ0v) is 19.9. The predicted octanol–water partition coefficient (Wildman–Crippen LogP) is 4.70. The van der Waals surface area contributed by atoms with Crippen LogP contribution in [0.2, 0.25) is 0 Å². The standard InChI is InChI=1S/C27H34N2O5/c1-3-5-15-24(26(31)32)29-25(30)18(10-4-2)16-28-27(33)34-17-23-21-13-8-6-11-19(21)20-12-7-9-14-22(20)23/h6-9,11-14,18,23-24H,3-5,10,15-17H2,1-2H3,(H,28,33)(H,29,30)(H,31,32). The number of carbonyl (C=O) groups is 3. The minimum atomic E-state index is -1.04. The Bertz CT molecular complexity index is 961. The van der Waals surface area contributed by atoms with Gasteiger partial charge in [0.2, 0.25) is 5.91 Å². The van der Waals surface area contributed by atoms with E-state index in [4.69, 9.17) is 4.74 Å². The highest BCUT2D eigenvalue weighted by atomic mass is 16.5. The number of alkyl carbamates (subject to hydrolysis) is 1. The fourth-order valence-corrected chi connectivity index (χ4v) is 4.49. The summed E-state index contributed by atoms with van der Waals surface area (Å²) < 4.78 is 5.54. The molecule has 1 aliphatic rings. The van der Waals surface area contributed by atoms with E-state index >= 15 is 0 Å². The molecule has 0 saturated heterocycles. The van der Waals surface area contributed by atoms with Crippen molar-refractivity contribution in [3.63, 3.8) is 0 Å². The Labute approximate surface area is 200 Å². The fourth-order valence-electron chi connectivity index (χ4n) is 4.49. The van der Waals surface area contributed by atoms with E-state index in [0.29, 0.717) is 19.3 Å². The van der Waals surface area contributed by atoms with Crippen molar-refractivity contribution < 1.29 is 24.2 Å². The third-order valence-corrected chi connectivity index (χ3v) is 6.31. The minimum absolute atomic E-state index is 0.0391. The van der Waals surface area contributed by atoms with Crippen molar-refractivity contribution in [1.29, 1.82) is 0 Å². The maximum Gasteiger partial charge on any atom is 0.407 e. The number of carboxylic acid groups (broad SMARTS) is 1. The van der Waals surface area contributed by atoms with E-state index < -0.39 is 24.0 Å². The van der Waals surface area contributed by atoms with E-state index in [-0.39, 0.29) is 25.0 Å². The monoisotopic (exact) mass is 466 g/mol. The number of nitrogens with one attached hydrogen (secondary N) is 2. The molecule has 2 aromatic rings. The summed E-state index contributed by atoms with van der Waals surface area (Å²) in [5, 5.41) is 14.7. The lowest BCUT2D eigenvalue weighted by Crippen LogP contribution is -2.46.